The molecule has 3 rings (SSSR count). The van der Waals surface area contributed by atoms with E-state index in [4.69, 9.17) is 11.6 Å². The van der Waals surface area contributed by atoms with Gasteiger partial charge in [0, 0.05) is 28.4 Å². The van der Waals surface area contributed by atoms with Gasteiger partial charge in [-0.2, -0.15) is 5.26 Å². The third kappa shape index (κ3) is 5.76. The first-order valence-electron chi connectivity index (χ1n) is 10.3. The highest BCUT2D eigenvalue weighted by molar-refractivity contribution is 6.31. The minimum Gasteiger partial charge on any atom is -0.356 e. The lowest BCUT2D eigenvalue weighted by molar-refractivity contribution is -0.125. The van der Waals surface area contributed by atoms with Crippen LogP contribution in [0.2, 0.25) is 5.02 Å². The van der Waals surface area contributed by atoms with E-state index in [-0.39, 0.29) is 24.2 Å². The van der Waals surface area contributed by atoms with Gasteiger partial charge in [-0.15, -0.1) is 0 Å². The van der Waals surface area contributed by atoms with Gasteiger partial charge in [0.1, 0.15) is 17.8 Å². The van der Waals surface area contributed by atoms with Gasteiger partial charge >= 0.3 is 0 Å². The van der Waals surface area contributed by atoms with Gasteiger partial charge in [0.25, 0.3) is 5.91 Å². The molecule has 164 valence electrons. The van der Waals surface area contributed by atoms with Crippen LogP contribution in [-0.4, -0.2) is 41.3 Å². The second kappa shape index (κ2) is 9.84. The minimum atomic E-state index is -0.809. The number of aromatic amines is 1. The first-order chi connectivity index (χ1) is 14.8. The number of amides is 3. The molecular formula is C22H26ClN5O3. The van der Waals surface area contributed by atoms with Gasteiger partial charge in [-0.1, -0.05) is 31.5 Å². The number of H-pyrrole nitrogens is 1. The molecule has 1 aromatic carbocycles. The van der Waals surface area contributed by atoms with Gasteiger partial charge in [0.15, 0.2) is 0 Å². The van der Waals surface area contributed by atoms with Crippen LogP contribution in [0.3, 0.4) is 0 Å². The summed E-state index contributed by atoms with van der Waals surface area (Å²) in [4.78, 5) is 40.5. The molecule has 0 aliphatic carbocycles. The monoisotopic (exact) mass is 443 g/mol. The van der Waals surface area contributed by atoms with Crippen LogP contribution < -0.4 is 16.0 Å². The highest BCUT2D eigenvalue weighted by Gasteiger charge is 2.30. The van der Waals surface area contributed by atoms with E-state index in [1.165, 1.54) is 0 Å². The molecule has 31 heavy (non-hydrogen) atoms. The molecule has 0 bridgehead atoms. The fourth-order valence-electron chi connectivity index (χ4n) is 3.73. The number of fused-ring (bicyclic) bond motifs is 1. The van der Waals surface area contributed by atoms with Gasteiger partial charge in [-0.3, -0.25) is 14.4 Å². The Balaban J connectivity index is 1.69. The van der Waals surface area contributed by atoms with E-state index >= 15 is 0 Å². The smallest absolute Gasteiger partial charge is 0.268 e. The number of hydrogen-bond acceptors (Lipinski definition) is 4. The number of hydrogen-bond donors (Lipinski definition) is 4. The van der Waals surface area contributed by atoms with Crippen molar-refractivity contribution in [1.29, 1.82) is 5.26 Å². The molecule has 0 unspecified atom stereocenters. The first kappa shape index (κ1) is 22.6. The van der Waals surface area contributed by atoms with Crippen LogP contribution in [0, 0.1) is 23.2 Å². The van der Waals surface area contributed by atoms with E-state index in [9.17, 15) is 19.6 Å². The molecule has 8 nitrogen and oxygen atoms in total. The van der Waals surface area contributed by atoms with Crippen molar-refractivity contribution in [2.75, 3.05) is 6.54 Å². The number of nitrogens with zero attached hydrogens (tertiary/aromatic N) is 1. The molecule has 3 amide bonds. The number of halogens is 1. The molecule has 3 atom stereocenters. The van der Waals surface area contributed by atoms with Gasteiger partial charge in [0.2, 0.25) is 11.8 Å². The predicted molar refractivity (Wildman–Crippen MR) is 117 cm³/mol. The van der Waals surface area contributed by atoms with Crippen molar-refractivity contribution >= 4 is 40.2 Å². The number of carbonyl (C=O) groups is 3. The molecule has 1 fully saturated rings. The van der Waals surface area contributed by atoms with Crippen LogP contribution in [0.1, 0.15) is 43.6 Å². The number of benzene rings is 1. The van der Waals surface area contributed by atoms with Crippen LogP contribution in [-0.2, 0) is 9.59 Å². The number of carbonyl (C=O) groups excluding carboxylic acids is 3. The fraction of sp³-hybridized carbons (Fsp3) is 0.455. The molecule has 0 radical (unpaired) electrons. The van der Waals surface area contributed by atoms with Gasteiger partial charge in [-0.05, 0) is 43.4 Å². The van der Waals surface area contributed by atoms with E-state index in [0.29, 0.717) is 30.1 Å². The van der Waals surface area contributed by atoms with Crippen molar-refractivity contribution < 1.29 is 14.4 Å². The van der Waals surface area contributed by atoms with E-state index in [2.05, 4.69) is 27.0 Å². The molecule has 1 aromatic heterocycles. The Morgan fingerprint density at radius 2 is 2.06 bits per heavy atom. The summed E-state index contributed by atoms with van der Waals surface area (Å²) in [5, 5.41) is 19.0. The summed E-state index contributed by atoms with van der Waals surface area (Å²) < 4.78 is 0. The van der Waals surface area contributed by atoms with Crippen LogP contribution >= 0.6 is 11.6 Å². The SMILES string of the molecule is CC(C)C[C@H](NC(=O)c1cc2ccc(Cl)cc2[nH]1)C(=O)N[C@H](C#N)C[C@@H]1CCNC1=O. The second-order valence-corrected chi connectivity index (χ2v) is 8.71. The molecule has 1 aliphatic rings. The third-order valence-electron chi connectivity index (χ3n) is 5.31. The zero-order valence-electron chi connectivity index (χ0n) is 17.5. The van der Waals surface area contributed by atoms with Gasteiger partial charge in [0.05, 0.1) is 6.07 Å². The molecule has 2 aromatic rings. The summed E-state index contributed by atoms with van der Waals surface area (Å²) in [6, 6.07) is 7.41. The molecular weight excluding hydrogens is 418 g/mol. The molecule has 0 spiro atoms. The van der Waals surface area contributed by atoms with E-state index in [0.717, 1.165) is 10.9 Å². The Morgan fingerprint density at radius 1 is 1.29 bits per heavy atom. The largest absolute Gasteiger partial charge is 0.356 e. The Bertz CT molecular complexity index is 1030. The van der Waals surface area contributed by atoms with Gasteiger partial charge < -0.3 is 20.9 Å². The quantitative estimate of drug-likeness (QED) is 0.499. The molecule has 2 heterocycles. The van der Waals surface area contributed by atoms with Gasteiger partial charge in [-0.25, -0.2) is 0 Å². The van der Waals surface area contributed by atoms with Crippen LogP contribution in [0.25, 0.3) is 10.9 Å². The summed E-state index contributed by atoms with van der Waals surface area (Å²) in [5.41, 5.74) is 1.04. The molecule has 1 aliphatic heterocycles. The average Bonchev–Trinajstić information content (AvgIpc) is 3.32. The van der Waals surface area contributed by atoms with E-state index in [1.807, 2.05) is 13.8 Å². The maximum Gasteiger partial charge on any atom is 0.268 e. The Hall–Kier alpha value is -3.05. The summed E-state index contributed by atoms with van der Waals surface area (Å²) in [6.07, 6.45) is 1.30. The lowest BCUT2D eigenvalue weighted by Crippen LogP contribution is -2.50. The molecule has 0 saturated carbocycles. The molecule has 1 saturated heterocycles. The number of rotatable bonds is 8. The maximum atomic E-state index is 12.9. The van der Waals surface area contributed by atoms with Crippen molar-refractivity contribution in [3.8, 4) is 6.07 Å². The summed E-state index contributed by atoms with van der Waals surface area (Å²) in [5.74, 6) is -1.11. The number of nitrogens with one attached hydrogen (secondary N) is 4. The van der Waals surface area contributed by atoms with Crippen molar-refractivity contribution in [2.45, 2.75) is 45.2 Å². The lowest BCUT2D eigenvalue weighted by atomic mass is 9.98. The summed E-state index contributed by atoms with van der Waals surface area (Å²) in [6.45, 7) is 4.47. The Labute approximate surface area is 185 Å². The molecule has 9 heteroatoms. The highest BCUT2D eigenvalue weighted by Crippen LogP contribution is 2.20. The van der Waals surface area contributed by atoms with Crippen LogP contribution in [0.5, 0.6) is 0 Å². The third-order valence-corrected chi connectivity index (χ3v) is 5.55. The van der Waals surface area contributed by atoms with Crippen LogP contribution in [0.4, 0.5) is 0 Å². The number of nitriles is 1. The van der Waals surface area contributed by atoms with Crippen molar-refractivity contribution in [3.05, 3.63) is 35.0 Å². The Morgan fingerprint density at radius 3 is 2.71 bits per heavy atom. The van der Waals surface area contributed by atoms with Crippen molar-refractivity contribution in [3.63, 3.8) is 0 Å². The van der Waals surface area contributed by atoms with E-state index < -0.39 is 23.9 Å². The maximum absolute atomic E-state index is 12.9. The Kier molecular flexibility index (Phi) is 7.18. The second-order valence-electron chi connectivity index (χ2n) is 8.27. The standard InChI is InChI=1S/C22H26ClN5O3/c1-12(2)7-18(21(30)26-16(11-24)8-14-5-6-25-20(14)29)28-22(31)19-9-13-3-4-15(23)10-17(13)27-19/h3-4,9-10,12,14,16,18,27H,5-8H2,1-2H3,(H,25,29)(H,26,30)(H,28,31)/t14-,16-,18-/m0/s1. The average molecular weight is 444 g/mol. The first-order valence-corrected chi connectivity index (χ1v) is 10.7. The van der Waals surface area contributed by atoms with Crippen molar-refractivity contribution in [1.82, 2.24) is 20.9 Å². The normalized spacial score (nSPS) is 17.8. The summed E-state index contributed by atoms with van der Waals surface area (Å²) in [7, 11) is 0. The van der Waals surface area contributed by atoms with E-state index in [1.54, 1.807) is 24.3 Å². The zero-order valence-corrected chi connectivity index (χ0v) is 18.3. The predicted octanol–water partition coefficient (Wildman–Crippen LogP) is 2.50. The minimum absolute atomic E-state index is 0.0968. The number of aromatic nitrogens is 1. The summed E-state index contributed by atoms with van der Waals surface area (Å²) >= 11 is 6.00. The van der Waals surface area contributed by atoms with Crippen LogP contribution in [0.15, 0.2) is 24.3 Å². The molecule has 4 N–H and O–H groups in total. The highest BCUT2D eigenvalue weighted by atomic mass is 35.5. The lowest BCUT2D eigenvalue weighted by Gasteiger charge is -2.22. The topological polar surface area (TPSA) is 127 Å². The fourth-order valence-corrected chi connectivity index (χ4v) is 3.90. The van der Waals surface area contributed by atoms with Crippen molar-refractivity contribution in [2.24, 2.45) is 11.8 Å². The zero-order chi connectivity index (χ0) is 22.5.